The van der Waals surface area contributed by atoms with Crippen molar-refractivity contribution in [3.05, 3.63) is 62.8 Å². The van der Waals surface area contributed by atoms with Crippen LogP contribution in [0.5, 0.6) is 5.75 Å². The summed E-state index contributed by atoms with van der Waals surface area (Å²) in [5.74, 6) is -0.476. The summed E-state index contributed by atoms with van der Waals surface area (Å²) in [6.45, 7) is 0. The van der Waals surface area contributed by atoms with Gasteiger partial charge in [0, 0.05) is 10.0 Å². The van der Waals surface area contributed by atoms with E-state index in [0.717, 1.165) is 4.47 Å². The number of aliphatic hydroxyl groups is 1. The predicted octanol–water partition coefficient (Wildman–Crippen LogP) is 4.33. The van der Waals surface area contributed by atoms with Gasteiger partial charge in [-0.25, -0.2) is 4.39 Å². The molecule has 2 aromatic rings. The van der Waals surface area contributed by atoms with Crippen LogP contribution in [0.4, 0.5) is 4.39 Å². The van der Waals surface area contributed by atoms with Crippen LogP contribution in [-0.2, 0) is 0 Å². The first-order valence-corrected chi connectivity index (χ1v) is 6.67. The van der Waals surface area contributed by atoms with Crippen LogP contribution in [0.25, 0.3) is 0 Å². The van der Waals surface area contributed by atoms with E-state index in [-0.39, 0.29) is 11.3 Å². The van der Waals surface area contributed by atoms with Crippen molar-refractivity contribution < 1.29 is 14.2 Å². The van der Waals surface area contributed by atoms with Crippen molar-refractivity contribution in [3.8, 4) is 5.75 Å². The van der Waals surface area contributed by atoms with Gasteiger partial charge in [0.25, 0.3) is 0 Å². The molecule has 0 saturated heterocycles. The van der Waals surface area contributed by atoms with Crippen molar-refractivity contribution in [2.45, 2.75) is 6.10 Å². The maximum atomic E-state index is 14.1. The minimum atomic E-state index is -1.10. The second-order valence-corrected chi connectivity index (χ2v) is 5.20. The number of methoxy groups -OCH3 is 1. The summed E-state index contributed by atoms with van der Waals surface area (Å²) in [5, 5.41) is 10.7. The lowest BCUT2D eigenvalue weighted by atomic mass is 10.0. The molecule has 0 saturated carbocycles. The molecule has 5 heteroatoms. The molecule has 0 heterocycles. The van der Waals surface area contributed by atoms with Crippen LogP contribution in [-0.4, -0.2) is 12.2 Å². The van der Waals surface area contributed by atoms with Crippen molar-refractivity contribution in [1.82, 2.24) is 0 Å². The minimum Gasteiger partial charge on any atom is -0.494 e. The summed E-state index contributed by atoms with van der Waals surface area (Å²) in [5.41, 5.74) is 0.665. The Hall–Kier alpha value is -1.10. The third kappa shape index (κ3) is 2.91. The number of hydrogen-bond donors (Lipinski definition) is 1. The fraction of sp³-hybridized carbons (Fsp3) is 0.143. The number of rotatable bonds is 3. The molecule has 0 bridgehead atoms. The molecule has 1 N–H and O–H groups in total. The van der Waals surface area contributed by atoms with Crippen LogP contribution in [0.3, 0.4) is 0 Å². The average molecular weight is 346 g/mol. The zero-order chi connectivity index (χ0) is 14.0. The Morgan fingerprint density at radius 2 is 2.05 bits per heavy atom. The molecule has 19 heavy (non-hydrogen) atoms. The lowest BCUT2D eigenvalue weighted by Crippen LogP contribution is -2.04. The van der Waals surface area contributed by atoms with Crippen molar-refractivity contribution >= 4 is 27.5 Å². The normalized spacial score (nSPS) is 12.3. The highest BCUT2D eigenvalue weighted by Crippen LogP contribution is 2.32. The van der Waals surface area contributed by atoms with E-state index in [1.807, 2.05) is 0 Å². The first-order valence-electron chi connectivity index (χ1n) is 5.50. The Morgan fingerprint density at radius 1 is 1.32 bits per heavy atom. The Labute approximate surface area is 123 Å². The van der Waals surface area contributed by atoms with Crippen LogP contribution >= 0.6 is 27.5 Å². The summed E-state index contributed by atoms with van der Waals surface area (Å²) in [6, 6.07) is 9.62. The average Bonchev–Trinajstić information content (AvgIpc) is 2.41. The first-order chi connectivity index (χ1) is 9.04. The van der Waals surface area contributed by atoms with Gasteiger partial charge in [-0.15, -0.1) is 0 Å². The van der Waals surface area contributed by atoms with Gasteiger partial charge in [-0.2, -0.15) is 0 Å². The highest BCUT2D eigenvalue weighted by Gasteiger charge is 2.18. The van der Waals surface area contributed by atoms with E-state index in [1.54, 1.807) is 24.3 Å². The van der Waals surface area contributed by atoms with E-state index >= 15 is 0 Å². The highest BCUT2D eigenvalue weighted by molar-refractivity contribution is 9.10. The first kappa shape index (κ1) is 14.3. The number of benzene rings is 2. The fourth-order valence-corrected chi connectivity index (χ4v) is 2.19. The van der Waals surface area contributed by atoms with Crippen LogP contribution in [0, 0.1) is 5.82 Å². The van der Waals surface area contributed by atoms with Gasteiger partial charge >= 0.3 is 0 Å². The molecule has 0 aliphatic heterocycles. The van der Waals surface area contributed by atoms with E-state index in [2.05, 4.69) is 15.9 Å². The van der Waals surface area contributed by atoms with Gasteiger partial charge in [-0.1, -0.05) is 29.8 Å². The van der Waals surface area contributed by atoms with Gasteiger partial charge in [0.1, 0.15) is 6.10 Å². The van der Waals surface area contributed by atoms with Gasteiger partial charge in [0.15, 0.2) is 11.6 Å². The second kappa shape index (κ2) is 5.90. The van der Waals surface area contributed by atoms with Crippen molar-refractivity contribution in [1.29, 1.82) is 0 Å². The maximum absolute atomic E-state index is 14.1. The molecule has 2 rings (SSSR count). The largest absolute Gasteiger partial charge is 0.494 e. The molecule has 0 radical (unpaired) electrons. The molecule has 2 aromatic carbocycles. The molecule has 0 aliphatic carbocycles. The minimum absolute atomic E-state index is 0.0970. The molecular weight excluding hydrogens is 335 g/mol. The second-order valence-electron chi connectivity index (χ2n) is 3.94. The highest BCUT2D eigenvalue weighted by atomic mass is 79.9. The number of aliphatic hydroxyl groups excluding tert-OH is 1. The Balaban J connectivity index is 2.43. The fourth-order valence-electron chi connectivity index (χ4n) is 1.76. The van der Waals surface area contributed by atoms with Gasteiger partial charge < -0.3 is 9.84 Å². The van der Waals surface area contributed by atoms with E-state index in [9.17, 15) is 9.50 Å². The molecule has 0 aliphatic rings. The van der Waals surface area contributed by atoms with E-state index in [0.29, 0.717) is 10.6 Å². The number of hydrogen-bond acceptors (Lipinski definition) is 2. The van der Waals surface area contributed by atoms with Gasteiger partial charge in [0.05, 0.1) is 12.1 Å². The third-order valence-corrected chi connectivity index (χ3v) is 4.00. The topological polar surface area (TPSA) is 29.5 Å². The van der Waals surface area contributed by atoms with E-state index < -0.39 is 11.9 Å². The Morgan fingerprint density at radius 3 is 2.68 bits per heavy atom. The van der Waals surface area contributed by atoms with Crippen molar-refractivity contribution in [2.75, 3.05) is 7.11 Å². The smallest absolute Gasteiger partial charge is 0.171 e. The van der Waals surface area contributed by atoms with Gasteiger partial charge in [0.2, 0.25) is 0 Å². The van der Waals surface area contributed by atoms with Gasteiger partial charge in [-0.3, -0.25) is 0 Å². The molecule has 2 nitrogen and oxygen atoms in total. The van der Waals surface area contributed by atoms with Crippen LogP contribution in [0.15, 0.2) is 40.9 Å². The Kier molecular flexibility index (Phi) is 4.45. The van der Waals surface area contributed by atoms with Crippen molar-refractivity contribution in [2.24, 2.45) is 0 Å². The summed E-state index contributed by atoms with van der Waals surface area (Å²) < 4.78 is 19.7. The maximum Gasteiger partial charge on any atom is 0.171 e. The number of halogens is 3. The summed E-state index contributed by atoms with van der Waals surface area (Å²) in [6.07, 6.45) is -1.10. The molecule has 1 atom stereocenters. The molecule has 0 aromatic heterocycles. The lowest BCUT2D eigenvalue weighted by molar-refractivity contribution is 0.213. The van der Waals surface area contributed by atoms with Crippen molar-refractivity contribution in [3.63, 3.8) is 0 Å². The lowest BCUT2D eigenvalue weighted by Gasteiger charge is -2.14. The van der Waals surface area contributed by atoms with Crippen LogP contribution in [0.1, 0.15) is 17.2 Å². The molecule has 0 amide bonds. The summed E-state index contributed by atoms with van der Waals surface area (Å²) in [7, 11) is 1.38. The molecule has 0 fully saturated rings. The summed E-state index contributed by atoms with van der Waals surface area (Å²) >= 11 is 9.23. The van der Waals surface area contributed by atoms with Gasteiger partial charge in [-0.05, 0) is 39.7 Å². The van der Waals surface area contributed by atoms with Crippen LogP contribution < -0.4 is 4.74 Å². The quantitative estimate of drug-likeness (QED) is 0.897. The summed E-state index contributed by atoms with van der Waals surface area (Å²) in [4.78, 5) is 0. The molecule has 1 unspecified atom stereocenters. The zero-order valence-corrected chi connectivity index (χ0v) is 12.4. The Bertz CT molecular complexity index is 604. The monoisotopic (exact) mass is 344 g/mol. The molecule has 100 valence electrons. The SMILES string of the molecule is COc1cccc(C(O)c2ccc(Br)c(Cl)c2)c1F. The standard InChI is InChI=1S/C14H11BrClFO2/c1-19-12-4-2-3-9(13(12)17)14(18)8-5-6-10(15)11(16)7-8/h2-7,14,18H,1H3. The number of ether oxygens (including phenoxy) is 1. The third-order valence-electron chi connectivity index (χ3n) is 2.77. The molecule has 0 spiro atoms. The van der Waals surface area contributed by atoms with E-state index in [1.165, 1.54) is 19.2 Å². The predicted molar refractivity (Wildman–Crippen MR) is 76.2 cm³/mol. The van der Waals surface area contributed by atoms with E-state index in [4.69, 9.17) is 16.3 Å². The molecular formula is C14H11BrClFO2. The van der Waals surface area contributed by atoms with Crippen LogP contribution in [0.2, 0.25) is 5.02 Å². The zero-order valence-electron chi connectivity index (χ0n) is 10.0.